The van der Waals surface area contributed by atoms with E-state index in [1.807, 2.05) is 37.3 Å². The summed E-state index contributed by atoms with van der Waals surface area (Å²) in [4.78, 5) is 26.0. The normalized spacial score (nSPS) is 26.1. The molecule has 1 aliphatic heterocycles. The Morgan fingerprint density at radius 3 is 2.56 bits per heavy atom. The number of benzene rings is 1. The lowest BCUT2D eigenvalue weighted by molar-refractivity contribution is -0.146. The first-order valence-corrected chi connectivity index (χ1v) is 10.1. The van der Waals surface area contributed by atoms with Crippen LogP contribution in [0, 0.1) is 5.92 Å². The van der Waals surface area contributed by atoms with Crippen LogP contribution in [0.25, 0.3) is 0 Å². The van der Waals surface area contributed by atoms with Crippen LogP contribution in [-0.2, 0) is 14.3 Å². The first kappa shape index (κ1) is 18.0. The van der Waals surface area contributed by atoms with Crippen LogP contribution in [0.2, 0.25) is 0 Å². The van der Waals surface area contributed by atoms with Gasteiger partial charge in [-0.15, -0.1) is 0 Å². The molecule has 0 amide bonds. The van der Waals surface area contributed by atoms with Gasteiger partial charge in [0.25, 0.3) is 0 Å². The number of hydrogen-bond donors (Lipinski definition) is 1. The summed E-state index contributed by atoms with van der Waals surface area (Å²) in [6.07, 6.45) is 8.72. The summed E-state index contributed by atoms with van der Waals surface area (Å²) in [5.74, 6) is -0.663. The van der Waals surface area contributed by atoms with Crippen LogP contribution in [-0.4, -0.2) is 17.9 Å². The maximum Gasteiger partial charge on any atom is 0.336 e. The van der Waals surface area contributed by atoms with Crippen LogP contribution in [0.3, 0.4) is 0 Å². The van der Waals surface area contributed by atoms with Gasteiger partial charge in [0.15, 0.2) is 0 Å². The number of nitrogens with one attached hydrogen (secondary N) is 1. The number of carbonyl (C=O) groups excluding carboxylic acids is 2. The average Bonchev–Trinajstić information content (AvgIpc) is 2.68. The Morgan fingerprint density at radius 2 is 1.81 bits per heavy atom. The molecule has 1 fully saturated rings. The van der Waals surface area contributed by atoms with Crippen molar-refractivity contribution in [3.63, 3.8) is 0 Å². The average molecular weight is 365 g/mol. The molecule has 0 aromatic heterocycles. The Labute approximate surface area is 160 Å². The highest BCUT2D eigenvalue weighted by Gasteiger charge is 2.43. The summed E-state index contributed by atoms with van der Waals surface area (Å²) in [6.45, 7) is 1.92. The second kappa shape index (κ2) is 7.71. The van der Waals surface area contributed by atoms with Crippen LogP contribution in [0.4, 0.5) is 0 Å². The number of esters is 1. The van der Waals surface area contributed by atoms with E-state index in [1.54, 1.807) is 0 Å². The second-order valence-electron chi connectivity index (χ2n) is 7.86. The Bertz CT molecular complexity index is 787. The van der Waals surface area contributed by atoms with Crippen molar-refractivity contribution in [2.75, 3.05) is 0 Å². The van der Waals surface area contributed by atoms with Crippen molar-refractivity contribution in [3.8, 4) is 0 Å². The molecular formula is C23H27NO3. The first-order valence-electron chi connectivity index (χ1n) is 10.1. The van der Waals surface area contributed by atoms with Crippen LogP contribution >= 0.6 is 0 Å². The van der Waals surface area contributed by atoms with Gasteiger partial charge in [-0.1, -0.05) is 42.8 Å². The van der Waals surface area contributed by atoms with E-state index in [0.29, 0.717) is 12.0 Å². The number of ketones is 1. The molecule has 1 aromatic carbocycles. The zero-order chi connectivity index (χ0) is 18.8. The van der Waals surface area contributed by atoms with Crippen molar-refractivity contribution >= 4 is 11.8 Å². The van der Waals surface area contributed by atoms with E-state index in [9.17, 15) is 9.59 Å². The summed E-state index contributed by atoms with van der Waals surface area (Å²) in [6, 6.07) is 9.91. The zero-order valence-electron chi connectivity index (χ0n) is 15.9. The highest BCUT2D eigenvalue weighted by molar-refractivity contribution is 5.96. The minimum atomic E-state index is -0.321. The van der Waals surface area contributed by atoms with Crippen molar-refractivity contribution in [2.45, 2.75) is 63.9 Å². The van der Waals surface area contributed by atoms with Gasteiger partial charge in [0, 0.05) is 23.7 Å². The van der Waals surface area contributed by atoms with E-state index in [2.05, 4.69) is 11.4 Å². The van der Waals surface area contributed by atoms with Gasteiger partial charge in [0.05, 0.1) is 11.5 Å². The summed E-state index contributed by atoms with van der Waals surface area (Å²) < 4.78 is 5.90. The lowest BCUT2D eigenvalue weighted by atomic mass is 9.71. The van der Waals surface area contributed by atoms with Crippen LogP contribution in [0.15, 0.2) is 53.4 Å². The topological polar surface area (TPSA) is 55.4 Å². The third-order valence-corrected chi connectivity index (χ3v) is 6.02. The van der Waals surface area contributed by atoms with Crippen molar-refractivity contribution in [1.29, 1.82) is 0 Å². The second-order valence-corrected chi connectivity index (χ2v) is 7.86. The summed E-state index contributed by atoms with van der Waals surface area (Å²) in [5, 5.41) is 3.34. The maximum atomic E-state index is 13.2. The van der Waals surface area contributed by atoms with E-state index in [4.69, 9.17) is 4.74 Å². The molecule has 4 heteroatoms. The van der Waals surface area contributed by atoms with Gasteiger partial charge in [-0.25, -0.2) is 4.79 Å². The molecule has 2 unspecified atom stereocenters. The highest BCUT2D eigenvalue weighted by atomic mass is 16.5. The molecule has 1 N–H and O–H groups in total. The maximum absolute atomic E-state index is 13.2. The van der Waals surface area contributed by atoms with Gasteiger partial charge in [0.2, 0.25) is 0 Å². The fraction of sp³-hybridized carbons (Fsp3) is 0.478. The quantitative estimate of drug-likeness (QED) is 0.808. The molecule has 2 atom stereocenters. The number of Topliss-reactive ketones (excluding diaryl/α,β-unsaturated/α-hetero) is 1. The summed E-state index contributed by atoms with van der Waals surface area (Å²) in [5.41, 5.74) is 3.36. The lowest BCUT2D eigenvalue weighted by Crippen LogP contribution is -2.41. The summed E-state index contributed by atoms with van der Waals surface area (Å²) >= 11 is 0. The van der Waals surface area contributed by atoms with Crippen molar-refractivity contribution < 1.29 is 14.3 Å². The van der Waals surface area contributed by atoms with Gasteiger partial charge in [-0.3, -0.25) is 4.79 Å². The Morgan fingerprint density at radius 1 is 1.07 bits per heavy atom. The molecular weight excluding hydrogens is 338 g/mol. The Hall–Kier alpha value is -2.36. The number of fused-ring (bicyclic) bond motifs is 1. The van der Waals surface area contributed by atoms with Crippen LogP contribution in [0.5, 0.6) is 0 Å². The van der Waals surface area contributed by atoms with Gasteiger partial charge < -0.3 is 10.1 Å². The zero-order valence-corrected chi connectivity index (χ0v) is 15.9. The van der Waals surface area contributed by atoms with Crippen LogP contribution in [0.1, 0.15) is 63.4 Å². The minimum Gasteiger partial charge on any atom is -0.459 e. The SMILES string of the molecule is CC1=C(C(=O)OC2CCCCC2)C(c2ccccc2)C2C(=O)CCC=C2N1. The fourth-order valence-corrected chi connectivity index (χ4v) is 4.70. The molecule has 1 heterocycles. The molecule has 1 aromatic rings. The predicted octanol–water partition coefficient (Wildman–Crippen LogP) is 4.39. The molecule has 0 radical (unpaired) electrons. The molecule has 0 bridgehead atoms. The third kappa shape index (κ3) is 3.58. The molecule has 4 nitrogen and oxygen atoms in total. The molecule has 3 aliphatic rings. The minimum absolute atomic E-state index is 0.00182. The smallest absolute Gasteiger partial charge is 0.336 e. The summed E-state index contributed by atoms with van der Waals surface area (Å²) in [7, 11) is 0. The molecule has 0 saturated heterocycles. The van der Waals surface area contributed by atoms with Gasteiger partial charge >= 0.3 is 5.97 Å². The van der Waals surface area contributed by atoms with Gasteiger partial charge in [-0.05, 0) is 44.6 Å². The number of allylic oxidation sites excluding steroid dienone is 3. The molecule has 27 heavy (non-hydrogen) atoms. The van der Waals surface area contributed by atoms with E-state index in [-0.39, 0.29) is 29.7 Å². The van der Waals surface area contributed by atoms with E-state index in [1.165, 1.54) is 6.42 Å². The van der Waals surface area contributed by atoms with Crippen molar-refractivity contribution in [3.05, 3.63) is 58.9 Å². The Kier molecular flexibility index (Phi) is 5.15. The lowest BCUT2D eigenvalue weighted by Gasteiger charge is -2.38. The van der Waals surface area contributed by atoms with E-state index in [0.717, 1.165) is 49.1 Å². The Balaban J connectivity index is 1.72. The predicted molar refractivity (Wildman–Crippen MR) is 104 cm³/mol. The molecule has 1 saturated carbocycles. The standard InChI is InChI=1S/C23H27NO3/c1-15-20(23(26)27-17-11-6-3-7-12-17)21(16-9-4-2-5-10-16)22-18(24-15)13-8-14-19(22)25/h2,4-5,9-10,13,17,21-22,24H,3,6-8,11-12,14H2,1H3. The largest absolute Gasteiger partial charge is 0.459 e. The van der Waals surface area contributed by atoms with Crippen LogP contribution < -0.4 is 5.32 Å². The third-order valence-electron chi connectivity index (χ3n) is 6.02. The first-order chi connectivity index (χ1) is 13.1. The van der Waals surface area contributed by atoms with E-state index >= 15 is 0 Å². The van der Waals surface area contributed by atoms with Crippen molar-refractivity contribution in [1.82, 2.24) is 5.32 Å². The molecule has 0 spiro atoms. The van der Waals surface area contributed by atoms with Crippen molar-refractivity contribution in [2.24, 2.45) is 5.92 Å². The number of rotatable bonds is 3. The molecule has 2 aliphatic carbocycles. The number of ether oxygens (including phenoxy) is 1. The molecule has 4 rings (SSSR count). The highest BCUT2D eigenvalue weighted by Crippen LogP contribution is 2.44. The number of carbonyl (C=O) groups is 2. The monoisotopic (exact) mass is 365 g/mol. The van der Waals surface area contributed by atoms with Gasteiger partial charge in [0.1, 0.15) is 11.9 Å². The number of hydrogen-bond acceptors (Lipinski definition) is 4. The fourth-order valence-electron chi connectivity index (χ4n) is 4.70. The molecule has 142 valence electrons. The van der Waals surface area contributed by atoms with Gasteiger partial charge in [-0.2, -0.15) is 0 Å². The van der Waals surface area contributed by atoms with E-state index < -0.39 is 0 Å².